The molecule has 0 amide bonds. The van der Waals surface area contributed by atoms with Crippen LogP contribution in [0.3, 0.4) is 0 Å². The van der Waals surface area contributed by atoms with Gasteiger partial charge in [-0.05, 0) is 6.42 Å². The molecule has 0 aliphatic carbocycles. The second-order valence-electron chi connectivity index (χ2n) is 8.03. The van der Waals surface area contributed by atoms with Gasteiger partial charge in [0, 0.05) is 0 Å². The molecule has 0 rings (SSSR count). The average molecular weight is 441 g/mol. The molecule has 3 N–H and O–H groups in total. The Bertz CT molecular complexity index is 274. The lowest BCUT2D eigenvalue weighted by molar-refractivity contribution is -0.913. The van der Waals surface area contributed by atoms with Crippen molar-refractivity contribution in [2.24, 2.45) is 0 Å². The number of likely N-dealkylation sites (N-methyl/N-ethyl adjacent to an activating group) is 1. The zero-order valence-electron chi connectivity index (χ0n) is 17.5. The number of unbranched alkanes of at least 4 members (excludes halogenated alkanes) is 11. The van der Waals surface area contributed by atoms with E-state index in [0.717, 1.165) is 12.8 Å². The van der Waals surface area contributed by atoms with E-state index < -0.39 is 0 Å². The topological polar surface area (TPSA) is 60.7 Å². The van der Waals surface area contributed by atoms with Gasteiger partial charge < -0.3 is 36.8 Å². The predicted molar refractivity (Wildman–Crippen MR) is 107 cm³/mol. The molecular formula is C21H46BrNO3. The van der Waals surface area contributed by atoms with Crippen molar-refractivity contribution in [3.05, 3.63) is 0 Å². The molecule has 0 saturated carbocycles. The van der Waals surface area contributed by atoms with Crippen LogP contribution in [-0.2, 0) is 0 Å². The Morgan fingerprint density at radius 3 is 1.46 bits per heavy atom. The van der Waals surface area contributed by atoms with Crippen LogP contribution in [0.15, 0.2) is 0 Å². The van der Waals surface area contributed by atoms with Gasteiger partial charge in [-0.1, -0.05) is 84.0 Å². The molecule has 0 radical (unpaired) electrons. The first-order chi connectivity index (χ1) is 12.1. The van der Waals surface area contributed by atoms with E-state index >= 15 is 0 Å². The summed E-state index contributed by atoms with van der Waals surface area (Å²) >= 11 is 0. The number of aliphatic hydroxyl groups excluding tert-OH is 3. The minimum atomic E-state index is -0.328. The molecule has 26 heavy (non-hydrogen) atoms. The second-order valence-corrected chi connectivity index (χ2v) is 8.03. The summed E-state index contributed by atoms with van der Waals surface area (Å²) in [5.74, 6) is 0. The molecule has 5 heteroatoms. The maximum Gasteiger partial charge on any atom is 0.105 e. The third-order valence-electron chi connectivity index (χ3n) is 5.32. The lowest BCUT2D eigenvalue weighted by Gasteiger charge is -2.35. The number of quaternary nitrogens is 1. The van der Waals surface area contributed by atoms with Crippen molar-refractivity contribution in [3.8, 4) is 0 Å². The quantitative estimate of drug-likeness (QED) is 0.206. The van der Waals surface area contributed by atoms with Crippen LogP contribution in [-0.4, -0.2) is 65.8 Å². The number of aliphatic hydroxyl groups is 3. The summed E-state index contributed by atoms with van der Waals surface area (Å²) < 4.78 is 0.548. The van der Waals surface area contributed by atoms with E-state index in [1.807, 2.05) is 7.05 Å². The summed E-state index contributed by atoms with van der Waals surface area (Å²) in [5.41, 5.74) is 0. The molecule has 0 saturated heterocycles. The fourth-order valence-electron chi connectivity index (χ4n) is 3.60. The number of hydrogen-bond donors (Lipinski definition) is 3. The molecule has 0 fully saturated rings. The number of hydrogen-bond acceptors (Lipinski definition) is 3. The SMILES string of the molecule is CCCCCCCCCCCCCCC(O)C[N+](C)(CCO)CCO.[Br-]. The van der Waals surface area contributed by atoms with Gasteiger partial charge in [-0.25, -0.2) is 0 Å². The summed E-state index contributed by atoms with van der Waals surface area (Å²) in [5, 5.41) is 28.5. The Morgan fingerprint density at radius 2 is 1.08 bits per heavy atom. The van der Waals surface area contributed by atoms with Crippen molar-refractivity contribution >= 4 is 0 Å². The van der Waals surface area contributed by atoms with Crippen molar-refractivity contribution in [1.29, 1.82) is 0 Å². The van der Waals surface area contributed by atoms with Gasteiger partial charge in [0.05, 0.1) is 20.3 Å². The van der Waals surface area contributed by atoms with Gasteiger partial charge in [-0.15, -0.1) is 0 Å². The van der Waals surface area contributed by atoms with Crippen LogP contribution in [0.2, 0.25) is 0 Å². The summed E-state index contributed by atoms with van der Waals surface area (Å²) in [6, 6.07) is 0. The van der Waals surface area contributed by atoms with Gasteiger partial charge in [0.2, 0.25) is 0 Å². The highest BCUT2D eigenvalue weighted by molar-refractivity contribution is 4.57. The molecule has 1 atom stereocenters. The molecule has 160 valence electrons. The van der Waals surface area contributed by atoms with E-state index in [1.165, 1.54) is 70.6 Å². The first kappa shape index (κ1) is 28.5. The highest BCUT2D eigenvalue weighted by atomic mass is 79.9. The lowest BCUT2D eigenvalue weighted by atomic mass is 10.0. The Morgan fingerprint density at radius 1 is 0.692 bits per heavy atom. The maximum absolute atomic E-state index is 10.2. The highest BCUT2D eigenvalue weighted by Crippen LogP contribution is 2.14. The van der Waals surface area contributed by atoms with Crippen LogP contribution in [0, 0.1) is 0 Å². The minimum Gasteiger partial charge on any atom is -1.00 e. The van der Waals surface area contributed by atoms with E-state index in [0.29, 0.717) is 24.1 Å². The zero-order valence-corrected chi connectivity index (χ0v) is 19.1. The molecule has 0 aromatic heterocycles. The summed E-state index contributed by atoms with van der Waals surface area (Å²) in [6.07, 6.45) is 16.5. The van der Waals surface area contributed by atoms with E-state index in [1.54, 1.807) is 0 Å². The number of halogens is 1. The van der Waals surface area contributed by atoms with E-state index in [4.69, 9.17) is 10.2 Å². The summed E-state index contributed by atoms with van der Waals surface area (Å²) in [4.78, 5) is 0. The molecule has 0 aromatic rings. The molecule has 0 aromatic carbocycles. The number of nitrogens with zero attached hydrogens (tertiary/aromatic N) is 1. The monoisotopic (exact) mass is 439 g/mol. The third kappa shape index (κ3) is 17.7. The molecule has 0 aliphatic rings. The average Bonchev–Trinajstić information content (AvgIpc) is 2.56. The van der Waals surface area contributed by atoms with Crippen molar-refractivity contribution in [1.82, 2.24) is 0 Å². The highest BCUT2D eigenvalue weighted by Gasteiger charge is 2.24. The first-order valence-corrected chi connectivity index (χ1v) is 10.8. The summed E-state index contributed by atoms with van der Waals surface area (Å²) in [7, 11) is 2.00. The van der Waals surface area contributed by atoms with Gasteiger partial charge >= 0.3 is 0 Å². The molecule has 4 nitrogen and oxygen atoms in total. The van der Waals surface area contributed by atoms with Crippen LogP contribution in [0.4, 0.5) is 0 Å². The van der Waals surface area contributed by atoms with Gasteiger partial charge in [-0.2, -0.15) is 0 Å². The van der Waals surface area contributed by atoms with Crippen LogP contribution in [0.1, 0.15) is 90.4 Å². The predicted octanol–water partition coefficient (Wildman–Crippen LogP) is 0.874. The first-order valence-electron chi connectivity index (χ1n) is 10.8. The van der Waals surface area contributed by atoms with Crippen LogP contribution in [0.5, 0.6) is 0 Å². The molecule has 0 spiro atoms. The minimum absolute atomic E-state index is 0. The molecule has 1 unspecified atom stereocenters. The van der Waals surface area contributed by atoms with Gasteiger partial charge in [0.15, 0.2) is 0 Å². The molecule has 0 aliphatic heterocycles. The molecule has 0 bridgehead atoms. The van der Waals surface area contributed by atoms with Crippen molar-refractivity contribution in [2.75, 3.05) is 39.9 Å². The molecular weight excluding hydrogens is 394 g/mol. The van der Waals surface area contributed by atoms with Gasteiger partial charge in [0.1, 0.15) is 25.7 Å². The zero-order chi connectivity index (χ0) is 18.8. The van der Waals surface area contributed by atoms with Crippen molar-refractivity contribution in [2.45, 2.75) is 96.5 Å². The van der Waals surface area contributed by atoms with E-state index in [9.17, 15) is 5.11 Å². The Balaban J connectivity index is 0. The third-order valence-corrected chi connectivity index (χ3v) is 5.32. The summed E-state index contributed by atoms with van der Waals surface area (Å²) in [6.45, 7) is 4.27. The Labute approximate surface area is 173 Å². The Kier molecular flexibility index (Phi) is 22.0. The molecule has 0 heterocycles. The van der Waals surface area contributed by atoms with Gasteiger partial charge in [0.25, 0.3) is 0 Å². The standard InChI is InChI=1S/C21H46NO3.BrH/c1-3-4-5-6-7-8-9-10-11-12-13-14-15-21(25)20-22(2,16-18-23)17-19-24;/h21,23-25H,3-20H2,1-2H3;1H/q+1;/p-1. The fourth-order valence-corrected chi connectivity index (χ4v) is 3.60. The Hall–Kier alpha value is 0.320. The normalized spacial score (nSPS) is 12.8. The smallest absolute Gasteiger partial charge is 0.105 e. The van der Waals surface area contributed by atoms with Crippen LogP contribution < -0.4 is 17.0 Å². The van der Waals surface area contributed by atoms with Crippen LogP contribution >= 0.6 is 0 Å². The van der Waals surface area contributed by atoms with Gasteiger partial charge in [-0.3, -0.25) is 0 Å². The van der Waals surface area contributed by atoms with E-state index in [-0.39, 0.29) is 36.3 Å². The fraction of sp³-hybridized carbons (Fsp3) is 1.00. The van der Waals surface area contributed by atoms with Crippen molar-refractivity contribution < 1.29 is 36.8 Å². The largest absolute Gasteiger partial charge is 1.00 e. The van der Waals surface area contributed by atoms with E-state index in [2.05, 4.69) is 6.92 Å². The van der Waals surface area contributed by atoms with Crippen LogP contribution in [0.25, 0.3) is 0 Å². The maximum atomic E-state index is 10.2. The number of rotatable bonds is 19. The lowest BCUT2D eigenvalue weighted by Crippen LogP contribution is -3.00. The van der Waals surface area contributed by atoms with Crippen molar-refractivity contribution in [3.63, 3.8) is 0 Å². The second kappa shape index (κ2) is 20.1.